The molecule has 2 aromatic rings. The Balaban J connectivity index is 1.32. The van der Waals surface area contributed by atoms with E-state index in [1.54, 1.807) is 17.0 Å². The van der Waals surface area contributed by atoms with E-state index in [0.717, 1.165) is 30.7 Å². The number of halogens is 1. The molecule has 13 heteroatoms. The van der Waals surface area contributed by atoms with Crippen molar-refractivity contribution in [3.63, 3.8) is 0 Å². The van der Waals surface area contributed by atoms with Gasteiger partial charge in [0.05, 0.1) is 11.9 Å². The van der Waals surface area contributed by atoms with Gasteiger partial charge in [-0.05, 0) is 78.3 Å². The summed E-state index contributed by atoms with van der Waals surface area (Å²) in [4.78, 5) is 15.7. The minimum absolute atomic E-state index is 0.0470. The topological polar surface area (TPSA) is 145 Å². The van der Waals surface area contributed by atoms with Crippen LogP contribution in [0.4, 0.5) is 15.8 Å². The third-order valence-corrected chi connectivity index (χ3v) is 11.5. The highest BCUT2D eigenvalue weighted by molar-refractivity contribution is 7.92. The van der Waals surface area contributed by atoms with Crippen LogP contribution in [0.5, 0.6) is 0 Å². The van der Waals surface area contributed by atoms with Crippen LogP contribution < -0.4 is 10.0 Å². The highest BCUT2D eigenvalue weighted by atomic mass is 32.2. The van der Waals surface area contributed by atoms with E-state index in [1.807, 2.05) is 0 Å². The van der Waals surface area contributed by atoms with E-state index < -0.39 is 26.0 Å². The Morgan fingerprint density at radius 3 is 2.51 bits per heavy atom. The second-order valence-corrected chi connectivity index (χ2v) is 15.2. The third-order valence-electron chi connectivity index (χ3n) is 9.54. The number of aliphatic hydroxyl groups excluding tert-OH is 1. The lowest BCUT2D eigenvalue weighted by atomic mass is 9.59. The maximum atomic E-state index is 14.2. The van der Waals surface area contributed by atoms with Gasteiger partial charge in [-0.3, -0.25) is 9.52 Å². The van der Waals surface area contributed by atoms with Gasteiger partial charge in [0.25, 0.3) is 15.9 Å². The number of fused-ring (bicyclic) bond motifs is 2. The molecular weight excluding hydrogens is 571 g/mol. The standard InChI is InChI=1S/C28H29FN4O6S2/c1-13-21-17-8-9-18(22(13)21)25-23(17)26(34)24(28(35)33(25)12-14-3-5-15(29)6-4-14)27-30-19-10-7-16(31-40(2,36)37)11-20(19)41(38,39)32-27/h3-7,10-11,13,17-18,21-23,25,31,34H,8-9,12H2,1-2H3,(H,30,32)/t13-,17?,18?,21?,22?,23-,25+/m0/s1. The summed E-state index contributed by atoms with van der Waals surface area (Å²) in [5.41, 5.74) is 0.697. The molecule has 4 aliphatic carbocycles. The molecule has 2 aliphatic heterocycles. The molecule has 0 radical (unpaired) electrons. The van der Waals surface area contributed by atoms with Crippen molar-refractivity contribution in [2.45, 2.75) is 37.2 Å². The molecule has 2 heterocycles. The molecule has 4 saturated carbocycles. The maximum absolute atomic E-state index is 14.2. The number of carbonyl (C=O) groups excluding carboxylic acids is 1. The molecule has 0 saturated heterocycles. The summed E-state index contributed by atoms with van der Waals surface area (Å²) in [7, 11) is -8.02. The van der Waals surface area contributed by atoms with Gasteiger partial charge in [-0.25, -0.2) is 12.8 Å². The Hall–Kier alpha value is -3.45. The molecule has 2 aromatic carbocycles. The van der Waals surface area contributed by atoms with Gasteiger partial charge in [0.2, 0.25) is 10.0 Å². The van der Waals surface area contributed by atoms with Crippen molar-refractivity contribution < 1.29 is 31.1 Å². The number of rotatable bonds is 5. The normalized spacial score (nSPS) is 32.9. The smallest absolute Gasteiger partial charge is 0.286 e. The minimum atomic E-state index is -4.36. The van der Waals surface area contributed by atoms with E-state index in [4.69, 9.17) is 0 Å². The molecule has 4 fully saturated rings. The Morgan fingerprint density at radius 1 is 1.12 bits per heavy atom. The monoisotopic (exact) mass is 600 g/mol. The average Bonchev–Trinajstić information content (AvgIpc) is 3.59. The first-order valence-corrected chi connectivity index (χ1v) is 16.9. The van der Waals surface area contributed by atoms with Gasteiger partial charge in [-0.15, -0.1) is 4.40 Å². The van der Waals surface area contributed by atoms with Crippen LogP contribution in [0.25, 0.3) is 0 Å². The zero-order valence-electron chi connectivity index (χ0n) is 22.3. The van der Waals surface area contributed by atoms with Crippen molar-refractivity contribution >= 4 is 43.2 Å². The van der Waals surface area contributed by atoms with Crippen molar-refractivity contribution in [3.8, 4) is 0 Å². The number of hydrogen-bond acceptors (Lipinski definition) is 7. The van der Waals surface area contributed by atoms with Crippen LogP contribution in [0.15, 0.2) is 63.1 Å². The third kappa shape index (κ3) is 4.15. The predicted octanol–water partition coefficient (Wildman–Crippen LogP) is 3.47. The Labute approximate surface area is 237 Å². The number of anilines is 2. The summed E-state index contributed by atoms with van der Waals surface area (Å²) in [6.45, 7) is 2.40. The molecule has 6 aliphatic rings. The first-order valence-electron chi connectivity index (χ1n) is 13.6. The van der Waals surface area contributed by atoms with Crippen molar-refractivity contribution in [2.75, 3.05) is 16.3 Å². The fourth-order valence-electron chi connectivity index (χ4n) is 8.06. The van der Waals surface area contributed by atoms with Gasteiger partial charge in [0.1, 0.15) is 22.0 Å². The average molecular weight is 601 g/mol. The van der Waals surface area contributed by atoms with Gasteiger partial charge in [-0.2, -0.15) is 8.42 Å². The SMILES string of the molecule is C[C@@H]1C2C1C1CCC2[C@@H]2[C@H]1C(O)=C(C1=NS(=O)(=O)c3cc(NS(C)(=O)=O)ccc3N1)C(=O)N2Cc1ccc(F)cc1. The number of nitrogens with zero attached hydrogens (tertiary/aromatic N) is 2. The van der Waals surface area contributed by atoms with E-state index in [0.29, 0.717) is 17.8 Å². The lowest BCUT2D eigenvalue weighted by Gasteiger charge is -2.54. The van der Waals surface area contributed by atoms with Gasteiger partial charge < -0.3 is 15.3 Å². The highest BCUT2D eigenvalue weighted by Crippen LogP contribution is 2.70. The summed E-state index contributed by atoms with van der Waals surface area (Å²) in [5, 5.41) is 14.6. The number of amidine groups is 1. The van der Waals surface area contributed by atoms with Crippen LogP contribution in [-0.4, -0.2) is 50.9 Å². The lowest BCUT2D eigenvalue weighted by Crippen LogP contribution is -2.60. The molecule has 3 N–H and O–H groups in total. The molecule has 1 amide bonds. The van der Waals surface area contributed by atoms with Crippen LogP contribution in [0.3, 0.4) is 0 Å². The molecule has 7 atom stereocenters. The number of aliphatic hydroxyl groups is 1. The van der Waals surface area contributed by atoms with Crippen molar-refractivity contribution in [1.82, 2.24) is 4.90 Å². The number of carbonyl (C=O) groups is 1. The van der Waals surface area contributed by atoms with Crippen molar-refractivity contribution in [1.29, 1.82) is 0 Å². The molecule has 41 heavy (non-hydrogen) atoms. The van der Waals surface area contributed by atoms with Gasteiger partial charge >= 0.3 is 0 Å². The molecule has 10 nitrogen and oxygen atoms in total. The molecule has 0 spiro atoms. The van der Waals surface area contributed by atoms with E-state index in [9.17, 15) is 31.1 Å². The number of benzene rings is 2. The first kappa shape index (κ1) is 26.4. The largest absolute Gasteiger partial charge is 0.511 e. The molecule has 0 aromatic heterocycles. The number of sulfonamides is 2. The molecule has 2 bridgehead atoms. The van der Waals surface area contributed by atoms with Crippen LogP contribution in [-0.2, 0) is 31.4 Å². The molecule has 216 valence electrons. The van der Waals surface area contributed by atoms with Crippen LogP contribution in [0.1, 0.15) is 25.3 Å². The zero-order valence-corrected chi connectivity index (χ0v) is 23.9. The first-order chi connectivity index (χ1) is 19.3. The van der Waals surface area contributed by atoms with Gasteiger partial charge in [0, 0.05) is 24.2 Å². The minimum Gasteiger partial charge on any atom is -0.511 e. The highest BCUT2D eigenvalue weighted by Gasteiger charge is 2.69. The molecular formula is C28H29FN4O6S2. The van der Waals surface area contributed by atoms with Crippen LogP contribution in [0, 0.1) is 41.3 Å². The number of amides is 1. The number of hydrogen-bond donors (Lipinski definition) is 3. The zero-order chi connectivity index (χ0) is 29.0. The Morgan fingerprint density at radius 2 is 1.80 bits per heavy atom. The quantitative estimate of drug-likeness (QED) is 0.477. The second kappa shape index (κ2) is 8.78. The Kier molecular flexibility index (Phi) is 5.66. The lowest BCUT2D eigenvalue weighted by molar-refractivity contribution is -0.140. The molecule has 8 rings (SSSR count). The van der Waals surface area contributed by atoms with E-state index >= 15 is 0 Å². The van der Waals surface area contributed by atoms with E-state index in [1.165, 1.54) is 24.3 Å². The fourth-order valence-corrected chi connectivity index (χ4v) is 9.76. The molecule has 4 unspecified atom stereocenters. The summed E-state index contributed by atoms with van der Waals surface area (Å²) < 4.78 is 69.7. The predicted molar refractivity (Wildman–Crippen MR) is 149 cm³/mol. The number of nitrogens with one attached hydrogen (secondary N) is 2. The van der Waals surface area contributed by atoms with Crippen LogP contribution >= 0.6 is 0 Å². The van der Waals surface area contributed by atoms with Gasteiger partial charge in [0.15, 0.2) is 5.84 Å². The second-order valence-electron chi connectivity index (χ2n) is 11.9. The summed E-state index contributed by atoms with van der Waals surface area (Å²) >= 11 is 0. The Bertz CT molecular complexity index is 1770. The summed E-state index contributed by atoms with van der Waals surface area (Å²) in [5.74, 6) is 0.103. The van der Waals surface area contributed by atoms with Crippen molar-refractivity contribution in [2.24, 2.45) is 39.9 Å². The van der Waals surface area contributed by atoms with E-state index in [2.05, 4.69) is 21.4 Å². The van der Waals surface area contributed by atoms with Crippen molar-refractivity contribution in [3.05, 3.63) is 65.2 Å². The maximum Gasteiger partial charge on any atom is 0.286 e. The fraction of sp³-hybridized carbons (Fsp3) is 0.429. The summed E-state index contributed by atoms with van der Waals surface area (Å²) in [6, 6.07) is 9.61. The van der Waals surface area contributed by atoms with Crippen LogP contribution in [0.2, 0.25) is 0 Å². The van der Waals surface area contributed by atoms with Gasteiger partial charge in [-0.1, -0.05) is 19.1 Å². The van der Waals surface area contributed by atoms with E-state index in [-0.39, 0.29) is 69.6 Å². The summed E-state index contributed by atoms with van der Waals surface area (Å²) in [6.07, 6.45) is 2.83.